The average molecular weight is 318 g/mol. The lowest BCUT2D eigenvalue weighted by Gasteiger charge is -2.39. The molecular formula is C18H26N2O3. The van der Waals surface area contributed by atoms with Crippen LogP contribution in [0.15, 0.2) is 24.3 Å². The van der Waals surface area contributed by atoms with Gasteiger partial charge in [-0.1, -0.05) is 12.1 Å². The first-order chi connectivity index (χ1) is 11.2. The van der Waals surface area contributed by atoms with Crippen molar-refractivity contribution < 1.29 is 14.6 Å². The van der Waals surface area contributed by atoms with E-state index in [0.717, 1.165) is 56.8 Å². The molecule has 1 aromatic carbocycles. The molecule has 1 aliphatic heterocycles. The molecule has 1 N–H and O–H groups in total. The third kappa shape index (κ3) is 3.85. The summed E-state index contributed by atoms with van der Waals surface area (Å²) in [6, 6.07) is 7.97. The topological polar surface area (TPSA) is 53.0 Å². The summed E-state index contributed by atoms with van der Waals surface area (Å²) in [6.07, 6.45) is 3.37. The van der Waals surface area contributed by atoms with Crippen molar-refractivity contribution in [1.29, 1.82) is 0 Å². The van der Waals surface area contributed by atoms with Crippen LogP contribution in [-0.2, 0) is 11.2 Å². The highest BCUT2D eigenvalue weighted by Gasteiger charge is 2.33. The number of hydrogen-bond acceptors (Lipinski definition) is 4. The maximum absolute atomic E-state index is 12.4. The number of hydrogen-bond donors (Lipinski definition) is 1. The summed E-state index contributed by atoms with van der Waals surface area (Å²) >= 11 is 0. The summed E-state index contributed by atoms with van der Waals surface area (Å²) in [4.78, 5) is 16.7. The highest BCUT2D eigenvalue weighted by atomic mass is 16.5. The first-order valence-corrected chi connectivity index (χ1v) is 8.50. The van der Waals surface area contributed by atoms with Crippen LogP contribution < -0.4 is 4.74 Å². The number of rotatable bonds is 4. The van der Waals surface area contributed by atoms with Crippen LogP contribution in [0.5, 0.6) is 5.75 Å². The molecule has 2 aliphatic rings. The smallest absolute Gasteiger partial charge is 0.227 e. The van der Waals surface area contributed by atoms with E-state index in [0.29, 0.717) is 12.5 Å². The van der Waals surface area contributed by atoms with Gasteiger partial charge in [0.05, 0.1) is 19.6 Å². The summed E-state index contributed by atoms with van der Waals surface area (Å²) < 4.78 is 5.14. The van der Waals surface area contributed by atoms with Gasteiger partial charge in [0.15, 0.2) is 0 Å². The van der Waals surface area contributed by atoms with Gasteiger partial charge in [0.25, 0.3) is 0 Å². The van der Waals surface area contributed by atoms with Gasteiger partial charge in [-0.3, -0.25) is 9.69 Å². The molecule has 0 spiro atoms. The number of ether oxygens (including phenoxy) is 1. The number of aliphatic hydroxyl groups excluding tert-OH is 1. The number of amides is 1. The summed E-state index contributed by atoms with van der Waals surface area (Å²) in [5, 5.41) is 10.0. The second kappa shape index (κ2) is 7.32. The minimum Gasteiger partial charge on any atom is -0.497 e. The van der Waals surface area contributed by atoms with Crippen LogP contribution in [0.1, 0.15) is 24.8 Å². The maximum atomic E-state index is 12.4. The number of benzene rings is 1. The van der Waals surface area contributed by atoms with Crippen LogP contribution >= 0.6 is 0 Å². The van der Waals surface area contributed by atoms with Crippen LogP contribution in [0.3, 0.4) is 0 Å². The van der Waals surface area contributed by atoms with Crippen molar-refractivity contribution in [3.63, 3.8) is 0 Å². The molecule has 1 aliphatic carbocycles. The zero-order valence-electron chi connectivity index (χ0n) is 13.8. The Morgan fingerprint density at radius 3 is 2.43 bits per heavy atom. The third-order valence-electron chi connectivity index (χ3n) is 5.09. The van der Waals surface area contributed by atoms with Crippen molar-refractivity contribution in [2.24, 2.45) is 0 Å². The summed E-state index contributed by atoms with van der Waals surface area (Å²) in [5.74, 6) is 0.992. The van der Waals surface area contributed by atoms with Gasteiger partial charge in [0, 0.05) is 32.2 Å². The van der Waals surface area contributed by atoms with Crippen molar-refractivity contribution in [2.45, 2.75) is 37.8 Å². The number of carbonyl (C=O) groups excluding carboxylic acids is 1. The molecule has 1 heterocycles. The van der Waals surface area contributed by atoms with Crippen molar-refractivity contribution in [3.8, 4) is 5.75 Å². The summed E-state index contributed by atoms with van der Waals surface area (Å²) in [5.41, 5.74) is 1.02. The summed E-state index contributed by atoms with van der Waals surface area (Å²) in [6.45, 7) is 3.27. The quantitative estimate of drug-likeness (QED) is 0.909. The Kier molecular flexibility index (Phi) is 5.18. The molecule has 5 nitrogen and oxygen atoms in total. The van der Waals surface area contributed by atoms with Crippen molar-refractivity contribution in [2.75, 3.05) is 33.3 Å². The Balaban J connectivity index is 1.49. The Labute approximate surface area is 137 Å². The Morgan fingerprint density at radius 1 is 1.17 bits per heavy atom. The highest BCUT2D eigenvalue weighted by Crippen LogP contribution is 2.25. The molecular weight excluding hydrogens is 292 g/mol. The van der Waals surface area contributed by atoms with E-state index in [9.17, 15) is 9.90 Å². The molecule has 2 fully saturated rings. The predicted molar refractivity (Wildman–Crippen MR) is 88.5 cm³/mol. The van der Waals surface area contributed by atoms with Gasteiger partial charge < -0.3 is 14.7 Å². The molecule has 3 rings (SSSR count). The molecule has 0 unspecified atom stereocenters. The third-order valence-corrected chi connectivity index (χ3v) is 5.09. The predicted octanol–water partition coefficient (Wildman–Crippen LogP) is 1.30. The van der Waals surface area contributed by atoms with Gasteiger partial charge in [0.2, 0.25) is 5.91 Å². The highest BCUT2D eigenvalue weighted by molar-refractivity contribution is 5.79. The molecule has 5 heteroatoms. The Bertz CT molecular complexity index is 524. The molecule has 23 heavy (non-hydrogen) atoms. The number of piperazine rings is 1. The van der Waals surface area contributed by atoms with Gasteiger partial charge >= 0.3 is 0 Å². The van der Waals surface area contributed by atoms with E-state index >= 15 is 0 Å². The van der Waals surface area contributed by atoms with E-state index in [4.69, 9.17) is 4.74 Å². The lowest BCUT2D eigenvalue weighted by molar-refractivity contribution is -0.132. The SMILES string of the molecule is COc1ccc(CC(=O)N2CCN([C@H]3CCC[C@H]3O)CC2)cc1. The molecule has 1 aromatic rings. The van der Waals surface area contributed by atoms with Crippen molar-refractivity contribution in [3.05, 3.63) is 29.8 Å². The molecule has 2 atom stereocenters. The standard InChI is InChI=1S/C18H26N2O3/c1-23-15-7-5-14(6-8-15)13-18(22)20-11-9-19(10-12-20)16-3-2-4-17(16)21/h5-8,16-17,21H,2-4,9-13H2,1H3/t16-,17+/m0/s1. The van der Waals surface area contributed by atoms with E-state index < -0.39 is 0 Å². The van der Waals surface area contributed by atoms with E-state index in [1.807, 2.05) is 29.2 Å². The van der Waals surface area contributed by atoms with Crippen molar-refractivity contribution >= 4 is 5.91 Å². The fourth-order valence-corrected chi connectivity index (χ4v) is 3.68. The molecule has 0 radical (unpaired) electrons. The first-order valence-electron chi connectivity index (χ1n) is 8.50. The number of carbonyl (C=O) groups is 1. The molecule has 126 valence electrons. The zero-order valence-corrected chi connectivity index (χ0v) is 13.8. The van der Waals surface area contributed by atoms with Gasteiger partial charge in [-0.2, -0.15) is 0 Å². The van der Waals surface area contributed by atoms with E-state index in [1.165, 1.54) is 0 Å². The van der Waals surface area contributed by atoms with Gasteiger partial charge in [-0.25, -0.2) is 0 Å². The van der Waals surface area contributed by atoms with E-state index in [1.54, 1.807) is 7.11 Å². The second-order valence-electron chi connectivity index (χ2n) is 6.51. The number of methoxy groups -OCH3 is 1. The largest absolute Gasteiger partial charge is 0.497 e. The number of nitrogens with zero attached hydrogens (tertiary/aromatic N) is 2. The molecule has 1 amide bonds. The van der Waals surface area contributed by atoms with Crippen LogP contribution in [0.25, 0.3) is 0 Å². The summed E-state index contributed by atoms with van der Waals surface area (Å²) in [7, 11) is 1.64. The molecule has 0 bridgehead atoms. The zero-order chi connectivity index (χ0) is 16.2. The van der Waals surface area contributed by atoms with Crippen LogP contribution in [-0.4, -0.2) is 66.2 Å². The van der Waals surface area contributed by atoms with Gasteiger partial charge in [-0.15, -0.1) is 0 Å². The van der Waals surface area contributed by atoms with Crippen molar-refractivity contribution in [1.82, 2.24) is 9.80 Å². The average Bonchev–Trinajstić information content (AvgIpc) is 3.02. The monoisotopic (exact) mass is 318 g/mol. The van der Waals surface area contributed by atoms with Crippen LogP contribution in [0.4, 0.5) is 0 Å². The van der Waals surface area contributed by atoms with Crippen LogP contribution in [0.2, 0.25) is 0 Å². The molecule has 1 saturated carbocycles. The maximum Gasteiger partial charge on any atom is 0.227 e. The minimum absolute atomic E-state index is 0.182. The first kappa shape index (κ1) is 16.3. The fraction of sp³-hybridized carbons (Fsp3) is 0.611. The van der Waals surface area contributed by atoms with Gasteiger partial charge in [-0.05, 0) is 37.0 Å². The Hall–Kier alpha value is -1.59. The normalized spacial score (nSPS) is 25.6. The fourth-order valence-electron chi connectivity index (χ4n) is 3.68. The second-order valence-corrected chi connectivity index (χ2v) is 6.51. The lowest BCUT2D eigenvalue weighted by atomic mass is 10.1. The number of aliphatic hydroxyl groups is 1. The van der Waals surface area contributed by atoms with E-state index in [2.05, 4.69) is 4.90 Å². The van der Waals surface area contributed by atoms with Crippen LogP contribution in [0, 0.1) is 0 Å². The lowest BCUT2D eigenvalue weighted by Crippen LogP contribution is -2.53. The molecule has 0 aromatic heterocycles. The Morgan fingerprint density at radius 2 is 1.87 bits per heavy atom. The van der Waals surface area contributed by atoms with Gasteiger partial charge in [0.1, 0.15) is 5.75 Å². The minimum atomic E-state index is -0.184. The van der Waals surface area contributed by atoms with E-state index in [-0.39, 0.29) is 12.0 Å². The molecule has 1 saturated heterocycles.